The molecule has 0 N–H and O–H groups in total. The highest BCUT2D eigenvalue weighted by atomic mass is 16.5. The van der Waals surface area contributed by atoms with E-state index in [-0.39, 0.29) is 5.97 Å². The third kappa shape index (κ3) is 11.2. The summed E-state index contributed by atoms with van der Waals surface area (Å²) in [6, 6.07) is 10.3. The van der Waals surface area contributed by atoms with Gasteiger partial charge in [-0.15, -0.1) is 0 Å². The lowest BCUT2D eigenvalue weighted by molar-refractivity contribution is -0.143. The summed E-state index contributed by atoms with van der Waals surface area (Å²) in [7, 11) is 0. The number of rotatable bonds is 6. The summed E-state index contributed by atoms with van der Waals surface area (Å²) in [5.41, 5.74) is 1.32. The lowest BCUT2D eigenvalue weighted by Crippen LogP contribution is -2.04. The van der Waals surface area contributed by atoms with Gasteiger partial charge in [-0.1, -0.05) is 62.6 Å². The quantitative estimate of drug-likeness (QED) is 0.548. The summed E-state index contributed by atoms with van der Waals surface area (Å²) >= 11 is 0. The molecule has 2 nitrogen and oxygen atoms in total. The largest absolute Gasteiger partial charge is 0.466 e. The summed E-state index contributed by atoms with van der Waals surface area (Å²) < 4.78 is 4.95. The van der Waals surface area contributed by atoms with Gasteiger partial charge in [0.2, 0.25) is 0 Å². The summed E-state index contributed by atoms with van der Waals surface area (Å²) in [5.74, 6) is -0.0414. The van der Waals surface area contributed by atoms with E-state index in [1.165, 1.54) is 5.56 Å². The van der Waals surface area contributed by atoms with Crippen LogP contribution in [-0.4, -0.2) is 12.6 Å². The van der Waals surface area contributed by atoms with E-state index in [1.807, 2.05) is 18.2 Å². The molecule has 1 aromatic carbocycles. The van der Waals surface area contributed by atoms with Crippen molar-refractivity contribution >= 4 is 5.97 Å². The zero-order valence-corrected chi connectivity index (χ0v) is 11.9. The van der Waals surface area contributed by atoms with Crippen LogP contribution in [-0.2, 0) is 9.53 Å². The van der Waals surface area contributed by atoms with Gasteiger partial charge in [-0.3, -0.25) is 4.79 Å². The van der Waals surface area contributed by atoms with Crippen LogP contribution in [0.2, 0.25) is 0 Å². The molecule has 18 heavy (non-hydrogen) atoms. The van der Waals surface area contributed by atoms with Crippen LogP contribution in [0.3, 0.4) is 0 Å². The molecule has 1 aromatic rings. The molecule has 0 atom stereocenters. The zero-order chi connectivity index (χ0) is 13.6. The normalized spacial score (nSPS) is 9.28. The second-order valence-corrected chi connectivity index (χ2v) is 4.33. The first kappa shape index (κ1) is 16.7. The van der Waals surface area contributed by atoms with Gasteiger partial charge in [-0.05, 0) is 19.8 Å². The molecule has 0 aliphatic rings. The average Bonchev–Trinajstić information content (AvgIpc) is 2.38. The summed E-state index contributed by atoms with van der Waals surface area (Å²) in [6.07, 6.45) is 4.66. The first-order valence-electron chi connectivity index (χ1n) is 6.88. The summed E-state index contributed by atoms with van der Waals surface area (Å²) in [5, 5.41) is 0. The number of hydrogen-bond acceptors (Lipinski definition) is 2. The van der Waals surface area contributed by atoms with E-state index < -0.39 is 0 Å². The fraction of sp³-hybridized carbons (Fsp3) is 0.562. The molecule has 0 radical (unpaired) electrons. The first-order chi connectivity index (χ1) is 8.70. The molecule has 1 rings (SSSR count). The van der Waals surface area contributed by atoms with Gasteiger partial charge in [-0.2, -0.15) is 0 Å². The van der Waals surface area contributed by atoms with Crippen molar-refractivity contribution in [3.63, 3.8) is 0 Å². The number of carbonyl (C=O) groups excluding carboxylic acids is 1. The van der Waals surface area contributed by atoms with E-state index in [4.69, 9.17) is 4.74 Å². The molecule has 0 fully saturated rings. The standard InChI is InChI=1S/C9H18O2.C7H8/c1-3-5-7-9(10)11-8-6-4-2;1-7-5-3-2-4-6-7/h3-8H2,1-2H3;2-6H,1H3. The van der Waals surface area contributed by atoms with E-state index in [0.29, 0.717) is 13.0 Å². The highest BCUT2D eigenvalue weighted by Crippen LogP contribution is 1.97. The van der Waals surface area contributed by atoms with Gasteiger partial charge in [0.05, 0.1) is 6.61 Å². The molecule has 0 spiro atoms. The van der Waals surface area contributed by atoms with E-state index in [1.54, 1.807) is 0 Å². The summed E-state index contributed by atoms with van der Waals surface area (Å²) in [6.45, 7) is 6.83. The molecule has 0 aliphatic heterocycles. The van der Waals surface area contributed by atoms with Gasteiger partial charge in [0.15, 0.2) is 0 Å². The minimum atomic E-state index is -0.0414. The van der Waals surface area contributed by atoms with Gasteiger partial charge in [0.25, 0.3) is 0 Å². The van der Waals surface area contributed by atoms with Crippen LogP contribution in [0.4, 0.5) is 0 Å². The van der Waals surface area contributed by atoms with Crippen molar-refractivity contribution in [2.75, 3.05) is 6.61 Å². The monoisotopic (exact) mass is 250 g/mol. The van der Waals surface area contributed by atoms with E-state index in [9.17, 15) is 4.79 Å². The number of ether oxygens (including phenoxy) is 1. The van der Waals surface area contributed by atoms with Crippen LogP contribution in [0.25, 0.3) is 0 Å². The maximum Gasteiger partial charge on any atom is 0.305 e. The molecule has 0 heterocycles. The van der Waals surface area contributed by atoms with Crippen LogP contribution >= 0.6 is 0 Å². The van der Waals surface area contributed by atoms with Gasteiger partial charge < -0.3 is 4.74 Å². The maximum atomic E-state index is 10.9. The lowest BCUT2D eigenvalue weighted by atomic mass is 10.2. The van der Waals surface area contributed by atoms with Crippen molar-refractivity contribution in [3.05, 3.63) is 35.9 Å². The van der Waals surface area contributed by atoms with Crippen molar-refractivity contribution in [1.29, 1.82) is 0 Å². The number of benzene rings is 1. The Hall–Kier alpha value is -1.31. The number of hydrogen-bond donors (Lipinski definition) is 0. The van der Waals surface area contributed by atoms with E-state index in [2.05, 4.69) is 32.9 Å². The molecule has 0 amide bonds. The van der Waals surface area contributed by atoms with Crippen LogP contribution in [0.5, 0.6) is 0 Å². The SMILES string of the molecule is CCCCOC(=O)CCCC.Cc1ccccc1. The minimum Gasteiger partial charge on any atom is -0.466 e. The third-order valence-electron chi connectivity index (χ3n) is 2.44. The Kier molecular flexibility index (Phi) is 11.3. The Morgan fingerprint density at radius 3 is 2.11 bits per heavy atom. The topological polar surface area (TPSA) is 26.3 Å². The first-order valence-corrected chi connectivity index (χ1v) is 6.88. The lowest BCUT2D eigenvalue weighted by Gasteiger charge is -2.01. The maximum absolute atomic E-state index is 10.9. The minimum absolute atomic E-state index is 0.0414. The second-order valence-electron chi connectivity index (χ2n) is 4.33. The molecule has 0 saturated heterocycles. The van der Waals surface area contributed by atoms with Crippen molar-refractivity contribution in [2.45, 2.75) is 52.9 Å². The number of unbranched alkanes of at least 4 members (excludes halogenated alkanes) is 2. The Bertz CT molecular complexity index is 293. The third-order valence-corrected chi connectivity index (χ3v) is 2.44. The second kappa shape index (κ2) is 12.2. The predicted molar refractivity (Wildman–Crippen MR) is 76.6 cm³/mol. The Morgan fingerprint density at radius 1 is 1.06 bits per heavy atom. The van der Waals surface area contributed by atoms with Crippen molar-refractivity contribution in [1.82, 2.24) is 0 Å². The van der Waals surface area contributed by atoms with Gasteiger partial charge >= 0.3 is 5.97 Å². The van der Waals surface area contributed by atoms with Crippen molar-refractivity contribution in [3.8, 4) is 0 Å². The number of aryl methyl sites for hydroxylation is 1. The average molecular weight is 250 g/mol. The molecule has 102 valence electrons. The Labute approximate surface area is 111 Å². The van der Waals surface area contributed by atoms with E-state index >= 15 is 0 Å². The molecular formula is C16H26O2. The zero-order valence-electron chi connectivity index (χ0n) is 11.9. The predicted octanol–water partition coefficient (Wildman–Crippen LogP) is 4.51. The highest BCUT2D eigenvalue weighted by Gasteiger charge is 1.99. The van der Waals surface area contributed by atoms with E-state index in [0.717, 1.165) is 25.7 Å². The van der Waals surface area contributed by atoms with Gasteiger partial charge in [0.1, 0.15) is 0 Å². The highest BCUT2D eigenvalue weighted by molar-refractivity contribution is 5.69. The smallest absolute Gasteiger partial charge is 0.305 e. The fourth-order valence-electron chi connectivity index (χ4n) is 1.26. The number of esters is 1. The Morgan fingerprint density at radius 2 is 1.67 bits per heavy atom. The van der Waals surface area contributed by atoms with Gasteiger partial charge in [-0.25, -0.2) is 0 Å². The van der Waals surface area contributed by atoms with Crippen LogP contribution < -0.4 is 0 Å². The van der Waals surface area contributed by atoms with Crippen LogP contribution in [0.1, 0.15) is 51.5 Å². The van der Waals surface area contributed by atoms with Gasteiger partial charge in [0, 0.05) is 6.42 Å². The summed E-state index contributed by atoms with van der Waals surface area (Å²) in [4.78, 5) is 10.9. The molecule has 2 heteroatoms. The van der Waals surface area contributed by atoms with Crippen LogP contribution in [0, 0.1) is 6.92 Å². The molecule has 0 aromatic heterocycles. The Balaban J connectivity index is 0.000000351. The van der Waals surface area contributed by atoms with Crippen LogP contribution in [0.15, 0.2) is 30.3 Å². The van der Waals surface area contributed by atoms with Crippen molar-refractivity contribution in [2.24, 2.45) is 0 Å². The van der Waals surface area contributed by atoms with Crippen molar-refractivity contribution < 1.29 is 9.53 Å². The molecule has 0 unspecified atom stereocenters. The molecule has 0 aliphatic carbocycles. The molecule has 0 saturated carbocycles. The molecule has 0 bridgehead atoms. The molecular weight excluding hydrogens is 224 g/mol. The fourth-order valence-corrected chi connectivity index (χ4v) is 1.26. The number of carbonyl (C=O) groups is 1.